The number of benzene rings is 1. The van der Waals surface area contributed by atoms with Crippen LogP contribution in [0.1, 0.15) is 25.8 Å². The summed E-state index contributed by atoms with van der Waals surface area (Å²) in [6.45, 7) is 12.2. The van der Waals surface area contributed by atoms with Gasteiger partial charge in [-0.2, -0.15) is 0 Å². The Kier molecular flexibility index (Phi) is 5.64. The van der Waals surface area contributed by atoms with Crippen LogP contribution in [0.25, 0.3) is 0 Å². The minimum atomic E-state index is 0.142. The van der Waals surface area contributed by atoms with E-state index in [-0.39, 0.29) is 5.54 Å². The van der Waals surface area contributed by atoms with Gasteiger partial charge in [0.15, 0.2) is 11.5 Å². The van der Waals surface area contributed by atoms with E-state index in [4.69, 9.17) is 14.2 Å². The van der Waals surface area contributed by atoms with Crippen LogP contribution in [0, 0.1) is 0 Å². The summed E-state index contributed by atoms with van der Waals surface area (Å²) in [7, 11) is 1.71. The van der Waals surface area contributed by atoms with E-state index in [0.29, 0.717) is 0 Å². The van der Waals surface area contributed by atoms with E-state index in [1.165, 1.54) is 5.56 Å². The predicted molar refractivity (Wildman–Crippen MR) is 94.9 cm³/mol. The van der Waals surface area contributed by atoms with Crippen LogP contribution in [0.5, 0.6) is 11.5 Å². The molecule has 134 valence electrons. The van der Waals surface area contributed by atoms with Crippen molar-refractivity contribution < 1.29 is 14.2 Å². The van der Waals surface area contributed by atoms with E-state index in [1.807, 2.05) is 12.1 Å². The summed E-state index contributed by atoms with van der Waals surface area (Å²) in [6.07, 6.45) is 1.04. The molecule has 2 heterocycles. The van der Waals surface area contributed by atoms with Crippen LogP contribution in [0.3, 0.4) is 0 Å². The molecule has 0 unspecified atom stereocenters. The van der Waals surface area contributed by atoms with Crippen molar-refractivity contribution in [2.24, 2.45) is 0 Å². The lowest BCUT2D eigenvalue weighted by Crippen LogP contribution is -2.55. The molecule has 0 radical (unpaired) electrons. The molecule has 2 aliphatic heterocycles. The summed E-state index contributed by atoms with van der Waals surface area (Å²) in [6, 6.07) is 6.17. The van der Waals surface area contributed by atoms with Gasteiger partial charge >= 0.3 is 0 Å². The average molecular weight is 334 g/mol. The van der Waals surface area contributed by atoms with Crippen molar-refractivity contribution in [2.45, 2.75) is 32.4 Å². The minimum absolute atomic E-state index is 0.142. The molecule has 0 bridgehead atoms. The zero-order chi connectivity index (χ0) is 17.0. The predicted octanol–water partition coefficient (Wildman–Crippen LogP) is 2.39. The van der Waals surface area contributed by atoms with Gasteiger partial charge in [-0.3, -0.25) is 9.80 Å². The molecule has 5 nitrogen and oxygen atoms in total. The van der Waals surface area contributed by atoms with Gasteiger partial charge in [0.1, 0.15) is 0 Å². The lowest BCUT2D eigenvalue weighted by Gasteiger charge is -2.44. The Balaban J connectivity index is 1.73. The molecule has 1 saturated heterocycles. The highest BCUT2D eigenvalue weighted by Crippen LogP contribution is 2.33. The summed E-state index contributed by atoms with van der Waals surface area (Å²) >= 11 is 0. The highest BCUT2D eigenvalue weighted by Gasteiger charge is 2.31. The van der Waals surface area contributed by atoms with Crippen LogP contribution < -0.4 is 9.47 Å². The van der Waals surface area contributed by atoms with Crippen molar-refractivity contribution in [3.05, 3.63) is 23.8 Å². The van der Waals surface area contributed by atoms with Crippen LogP contribution in [-0.4, -0.2) is 68.4 Å². The second-order valence-electron chi connectivity index (χ2n) is 7.27. The number of nitrogens with zero attached hydrogens (tertiary/aromatic N) is 2. The summed E-state index contributed by atoms with van der Waals surface area (Å²) in [5.74, 6) is 1.75. The first-order chi connectivity index (χ1) is 11.6. The Labute approximate surface area is 145 Å². The highest BCUT2D eigenvalue weighted by atomic mass is 16.5. The lowest BCUT2D eigenvalue weighted by molar-refractivity contribution is -0.0234. The molecule has 1 aromatic carbocycles. The van der Waals surface area contributed by atoms with Crippen molar-refractivity contribution in [1.82, 2.24) is 9.80 Å². The maximum Gasteiger partial charge on any atom is 0.165 e. The van der Waals surface area contributed by atoms with Crippen molar-refractivity contribution in [3.63, 3.8) is 0 Å². The third kappa shape index (κ3) is 4.02. The standard InChI is InChI=1S/C19H30N2O3/c1-19(2,21-9-12-23-13-10-21)15-20-8-5-11-24-18-16(14-20)6-4-7-17(18)22-3/h4,6-7H,5,8-15H2,1-3H3. The number of morpholine rings is 1. The monoisotopic (exact) mass is 334 g/mol. The topological polar surface area (TPSA) is 34.2 Å². The van der Waals surface area contributed by atoms with Gasteiger partial charge in [0.05, 0.1) is 26.9 Å². The second-order valence-corrected chi connectivity index (χ2v) is 7.27. The molecule has 3 rings (SSSR count). The van der Waals surface area contributed by atoms with Gasteiger partial charge in [-0.05, 0) is 26.3 Å². The SMILES string of the molecule is COc1cccc2c1OCCCN(CC(C)(C)N1CCOCC1)C2. The Bertz CT molecular complexity index is 541. The molecule has 24 heavy (non-hydrogen) atoms. The summed E-state index contributed by atoms with van der Waals surface area (Å²) < 4.78 is 16.9. The lowest BCUT2D eigenvalue weighted by atomic mass is 10.00. The third-order valence-corrected chi connectivity index (χ3v) is 5.02. The fraction of sp³-hybridized carbons (Fsp3) is 0.684. The maximum absolute atomic E-state index is 5.97. The number of fused-ring (bicyclic) bond motifs is 1. The van der Waals surface area contributed by atoms with E-state index < -0.39 is 0 Å². The molecule has 5 heteroatoms. The maximum atomic E-state index is 5.97. The van der Waals surface area contributed by atoms with Crippen molar-refractivity contribution in [1.29, 1.82) is 0 Å². The fourth-order valence-corrected chi connectivity index (χ4v) is 3.74. The number of hydrogen-bond acceptors (Lipinski definition) is 5. The Hall–Kier alpha value is -1.30. The van der Waals surface area contributed by atoms with E-state index in [9.17, 15) is 0 Å². The van der Waals surface area contributed by atoms with E-state index in [0.717, 1.165) is 70.5 Å². The van der Waals surface area contributed by atoms with E-state index >= 15 is 0 Å². The Morgan fingerprint density at radius 3 is 2.67 bits per heavy atom. The van der Waals surface area contributed by atoms with Crippen LogP contribution in [0.4, 0.5) is 0 Å². The van der Waals surface area contributed by atoms with Gasteiger partial charge in [0.25, 0.3) is 0 Å². The molecular weight excluding hydrogens is 304 g/mol. The fourth-order valence-electron chi connectivity index (χ4n) is 3.74. The Morgan fingerprint density at radius 2 is 1.92 bits per heavy atom. The molecule has 2 aliphatic rings. The van der Waals surface area contributed by atoms with E-state index in [1.54, 1.807) is 7.11 Å². The van der Waals surface area contributed by atoms with Crippen molar-refractivity contribution in [3.8, 4) is 11.5 Å². The normalized spacial score (nSPS) is 20.6. The number of hydrogen-bond donors (Lipinski definition) is 0. The van der Waals surface area contributed by atoms with Gasteiger partial charge < -0.3 is 14.2 Å². The van der Waals surface area contributed by atoms with Gasteiger partial charge in [-0.15, -0.1) is 0 Å². The van der Waals surface area contributed by atoms with Gasteiger partial charge in [0, 0.05) is 43.8 Å². The molecule has 0 aromatic heterocycles. The zero-order valence-electron chi connectivity index (χ0n) is 15.2. The largest absolute Gasteiger partial charge is 0.493 e. The summed E-state index contributed by atoms with van der Waals surface area (Å²) in [5, 5.41) is 0. The minimum Gasteiger partial charge on any atom is -0.493 e. The first-order valence-corrected chi connectivity index (χ1v) is 8.94. The zero-order valence-corrected chi connectivity index (χ0v) is 15.2. The van der Waals surface area contributed by atoms with Crippen LogP contribution in [-0.2, 0) is 11.3 Å². The number of ether oxygens (including phenoxy) is 3. The average Bonchev–Trinajstić information content (AvgIpc) is 2.57. The Morgan fingerprint density at radius 1 is 1.12 bits per heavy atom. The van der Waals surface area contributed by atoms with Gasteiger partial charge in [0.2, 0.25) is 0 Å². The van der Waals surface area contributed by atoms with E-state index in [2.05, 4.69) is 29.7 Å². The molecular formula is C19H30N2O3. The highest BCUT2D eigenvalue weighted by molar-refractivity contribution is 5.46. The van der Waals surface area contributed by atoms with Crippen molar-refractivity contribution in [2.75, 3.05) is 53.1 Å². The molecule has 0 amide bonds. The number of methoxy groups -OCH3 is 1. The molecule has 0 aliphatic carbocycles. The summed E-state index contributed by atoms with van der Waals surface area (Å²) in [4.78, 5) is 5.11. The smallest absolute Gasteiger partial charge is 0.165 e. The first-order valence-electron chi connectivity index (χ1n) is 8.94. The summed E-state index contributed by atoms with van der Waals surface area (Å²) in [5.41, 5.74) is 1.36. The van der Waals surface area contributed by atoms with Gasteiger partial charge in [-0.1, -0.05) is 12.1 Å². The number of para-hydroxylation sites is 1. The van der Waals surface area contributed by atoms with Crippen molar-refractivity contribution >= 4 is 0 Å². The van der Waals surface area contributed by atoms with Gasteiger partial charge in [-0.25, -0.2) is 0 Å². The molecule has 0 atom stereocenters. The van der Waals surface area contributed by atoms with Crippen LogP contribution in [0.2, 0.25) is 0 Å². The molecule has 0 spiro atoms. The molecule has 0 saturated carbocycles. The number of rotatable bonds is 4. The molecule has 0 N–H and O–H groups in total. The quantitative estimate of drug-likeness (QED) is 0.845. The van der Waals surface area contributed by atoms with Crippen LogP contribution in [0.15, 0.2) is 18.2 Å². The second kappa shape index (κ2) is 7.72. The molecule has 1 fully saturated rings. The van der Waals surface area contributed by atoms with Crippen LogP contribution >= 0.6 is 0 Å². The molecule has 1 aromatic rings. The first kappa shape index (κ1) is 17.5. The third-order valence-electron chi connectivity index (χ3n) is 5.02.